The van der Waals surface area contributed by atoms with Gasteiger partial charge in [0.1, 0.15) is 6.29 Å². The van der Waals surface area contributed by atoms with Gasteiger partial charge in [0.25, 0.3) is 0 Å². The van der Waals surface area contributed by atoms with E-state index in [9.17, 15) is 9.90 Å². The van der Waals surface area contributed by atoms with Crippen LogP contribution in [0.25, 0.3) is 0 Å². The number of nitrogens with zero attached hydrogens (tertiary/aromatic N) is 1. The SMILES string of the molecule is O=Cc1cccc(N2CCCC(O)CC2)c1. The molecule has 0 bridgehead atoms. The lowest BCUT2D eigenvalue weighted by molar-refractivity contribution is 0.112. The number of carbonyl (C=O) groups is 1. The van der Waals surface area contributed by atoms with Crippen LogP contribution in [0.1, 0.15) is 29.6 Å². The van der Waals surface area contributed by atoms with Gasteiger partial charge in [-0.05, 0) is 31.4 Å². The molecule has 3 nitrogen and oxygen atoms in total. The van der Waals surface area contributed by atoms with Gasteiger partial charge in [-0.25, -0.2) is 0 Å². The van der Waals surface area contributed by atoms with Gasteiger partial charge >= 0.3 is 0 Å². The van der Waals surface area contributed by atoms with Crippen LogP contribution in [0.2, 0.25) is 0 Å². The predicted molar refractivity (Wildman–Crippen MR) is 63.9 cm³/mol. The Hall–Kier alpha value is -1.35. The highest BCUT2D eigenvalue weighted by atomic mass is 16.3. The van der Waals surface area contributed by atoms with Crippen LogP contribution in [0, 0.1) is 0 Å². The fourth-order valence-electron chi connectivity index (χ4n) is 2.13. The number of aldehydes is 1. The van der Waals surface area contributed by atoms with Crippen molar-refractivity contribution >= 4 is 12.0 Å². The molecule has 0 aromatic heterocycles. The molecule has 2 rings (SSSR count). The first kappa shape index (κ1) is 11.1. The molecule has 1 N–H and O–H groups in total. The van der Waals surface area contributed by atoms with Crippen LogP contribution >= 0.6 is 0 Å². The summed E-state index contributed by atoms with van der Waals surface area (Å²) in [5, 5.41) is 9.57. The Balaban J connectivity index is 2.13. The van der Waals surface area contributed by atoms with Crippen molar-refractivity contribution < 1.29 is 9.90 Å². The van der Waals surface area contributed by atoms with Gasteiger partial charge in [0.05, 0.1) is 6.10 Å². The first-order valence-electron chi connectivity index (χ1n) is 5.78. The largest absolute Gasteiger partial charge is 0.393 e. The number of benzene rings is 1. The fourth-order valence-corrected chi connectivity index (χ4v) is 2.13. The second-order valence-electron chi connectivity index (χ2n) is 4.28. The maximum atomic E-state index is 10.7. The summed E-state index contributed by atoms with van der Waals surface area (Å²) < 4.78 is 0. The van der Waals surface area contributed by atoms with Crippen molar-refractivity contribution in [2.24, 2.45) is 0 Å². The molecule has 1 saturated heterocycles. The summed E-state index contributed by atoms with van der Waals surface area (Å²) in [6.45, 7) is 1.82. The summed E-state index contributed by atoms with van der Waals surface area (Å²) in [6.07, 6.45) is 3.40. The standard InChI is InChI=1S/C13H17NO2/c15-10-11-3-1-4-12(9-11)14-7-2-5-13(16)6-8-14/h1,3-4,9-10,13,16H,2,5-8H2. The number of hydrogen-bond donors (Lipinski definition) is 1. The monoisotopic (exact) mass is 219 g/mol. The number of aliphatic hydroxyl groups excluding tert-OH is 1. The molecule has 0 saturated carbocycles. The van der Waals surface area contributed by atoms with Crippen LogP contribution in [0.15, 0.2) is 24.3 Å². The molecule has 1 aliphatic rings. The molecule has 0 radical (unpaired) electrons. The second kappa shape index (κ2) is 5.12. The molecule has 0 spiro atoms. The lowest BCUT2D eigenvalue weighted by Crippen LogP contribution is -2.24. The third-order valence-corrected chi connectivity index (χ3v) is 3.07. The predicted octanol–water partition coefficient (Wildman–Crippen LogP) is 1.85. The van der Waals surface area contributed by atoms with E-state index in [2.05, 4.69) is 4.90 Å². The summed E-state index contributed by atoms with van der Waals surface area (Å²) in [6, 6.07) is 7.64. The van der Waals surface area contributed by atoms with Crippen molar-refractivity contribution in [3.63, 3.8) is 0 Å². The van der Waals surface area contributed by atoms with Crippen LogP contribution in [-0.2, 0) is 0 Å². The van der Waals surface area contributed by atoms with E-state index in [4.69, 9.17) is 0 Å². The van der Waals surface area contributed by atoms with Crippen molar-refractivity contribution in [3.05, 3.63) is 29.8 Å². The van der Waals surface area contributed by atoms with Gasteiger partial charge in [0.15, 0.2) is 0 Å². The number of rotatable bonds is 2. The molecule has 1 aromatic carbocycles. The van der Waals surface area contributed by atoms with Crippen molar-refractivity contribution in [3.8, 4) is 0 Å². The van der Waals surface area contributed by atoms with E-state index in [1.54, 1.807) is 0 Å². The van der Waals surface area contributed by atoms with Gasteiger partial charge in [-0.15, -0.1) is 0 Å². The van der Waals surface area contributed by atoms with Crippen LogP contribution in [0.5, 0.6) is 0 Å². The Kier molecular flexibility index (Phi) is 3.57. The first-order chi connectivity index (χ1) is 7.79. The number of anilines is 1. The van der Waals surface area contributed by atoms with Crippen LogP contribution < -0.4 is 4.90 Å². The molecule has 1 aliphatic heterocycles. The van der Waals surface area contributed by atoms with Crippen LogP contribution in [-0.4, -0.2) is 30.6 Å². The Morgan fingerprint density at radius 1 is 1.31 bits per heavy atom. The molecule has 1 fully saturated rings. The summed E-state index contributed by atoms with van der Waals surface area (Å²) in [5.41, 5.74) is 1.79. The highest BCUT2D eigenvalue weighted by Crippen LogP contribution is 2.20. The average molecular weight is 219 g/mol. The lowest BCUT2D eigenvalue weighted by Gasteiger charge is -2.22. The van der Waals surface area contributed by atoms with Gasteiger partial charge in [-0.3, -0.25) is 4.79 Å². The van der Waals surface area contributed by atoms with Gasteiger partial charge in [-0.2, -0.15) is 0 Å². The molecule has 1 unspecified atom stereocenters. The maximum absolute atomic E-state index is 10.7. The molecule has 16 heavy (non-hydrogen) atoms. The lowest BCUT2D eigenvalue weighted by atomic mass is 10.2. The van der Waals surface area contributed by atoms with E-state index in [0.717, 1.165) is 44.3 Å². The fraction of sp³-hybridized carbons (Fsp3) is 0.462. The Bertz CT molecular complexity index is 365. The Labute approximate surface area is 95.7 Å². The second-order valence-corrected chi connectivity index (χ2v) is 4.28. The number of carbonyl (C=O) groups excluding carboxylic acids is 1. The van der Waals surface area contributed by atoms with Gasteiger partial charge in [0, 0.05) is 24.3 Å². The normalized spacial score (nSPS) is 21.6. The summed E-state index contributed by atoms with van der Waals surface area (Å²) in [5.74, 6) is 0. The van der Waals surface area contributed by atoms with Crippen LogP contribution in [0.4, 0.5) is 5.69 Å². The molecule has 1 heterocycles. The summed E-state index contributed by atoms with van der Waals surface area (Å²) in [7, 11) is 0. The molecule has 86 valence electrons. The molecule has 1 aromatic rings. The molecular weight excluding hydrogens is 202 g/mol. The van der Waals surface area contributed by atoms with Gasteiger partial charge < -0.3 is 10.0 Å². The zero-order valence-corrected chi connectivity index (χ0v) is 9.30. The molecule has 0 amide bonds. The van der Waals surface area contributed by atoms with E-state index in [1.807, 2.05) is 24.3 Å². The highest BCUT2D eigenvalue weighted by Gasteiger charge is 2.15. The third-order valence-electron chi connectivity index (χ3n) is 3.07. The zero-order valence-electron chi connectivity index (χ0n) is 9.30. The zero-order chi connectivity index (χ0) is 11.4. The van der Waals surface area contributed by atoms with Gasteiger partial charge in [0.2, 0.25) is 0 Å². The van der Waals surface area contributed by atoms with Crippen LogP contribution in [0.3, 0.4) is 0 Å². The first-order valence-corrected chi connectivity index (χ1v) is 5.78. The van der Waals surface area contributed by atoms with Crippen molar-refractivity contribution in [2.45, 2.75) is 25.4 Å². The molecule has 0 aliphatic carbocycles. The third kappa shape index (κ3) is 2.61. The number of hydrogen-bond acceptors (Lipinski definition) is 3. The molecule has 1 atom stereocenters. The van der Waals surface area contributed by atoms with E-state index in [1.165, 1.54) is 0 Å². The van der Waals surface area contributed by atoms with E-state index in [-0.39, 0.29) is 6.10 Å². The Morgan fingerprint density at radius 2 is 2.19 bits per heavy atom. The molecule has 3 heteroatoms. The van der Waals surface area contributed by atoms with E-state index >= 15 is 0 Å². The minimum atomic E-state index is -0.167. The average Bonchev–Trinajstić information content (AvgIpc) is 2.54. The van der Waals surface area contributed by atoms with Crippen molar-refractivity contribution in [1.29, 1.82) is 0 Å². The summed E-state index contributed by atoms with van der Waals surface area (Å²) >= 11 is 0. The number of aliphatic hydroxyl groups is 1. The van der Waals surface area contributed by atoms with Crippen molar-refractivity contribution in [1.82, 2.24) is 0 Å². The molecular formula is C13H17NO2. The highest BCUT2D eigenvalue weighted by molar-refractivity contribution is 5.77. The maximum Gasteiger partial charge on any atom is 0.150 e. The minimum absolute atomic E-state index is 0.167. The van der Waals surface area contributed by atoms with E-state index < -0.39 is 0 Å². The topological polar surface area (TPSA) is 40.5 Å². The van der Waals surface area contributed by atoms with Crippen molar-refractivity contribution in [2.75, 3.05) is 18.0 Å². The summed E-state index contributed by atoms with van der Waals surface area (Å²) in [4.78, 5) is 12.9. The Morgan fingerprint density at radius 3 is 3.00 bits per heavy atom. The quantitative estimate of drug-likeness (QED) is 0.772. The smallest absolute Gasteiger partial charge is 0.150 e. The van der Waals surface area contributed by atoms with E-state index in [0.29, 0.717) is 5.56 Å². The van der Waals surface area contributed by atoms with Gasteiger partial charge in [-0.1, -0.05) is 12.1 Å². The minimum Gasteiger partial charge on any atom is -0.393 e.